The molecule has 0 saturated heterocycles. The van der Waals surface area contributed by atoms with Gasteiger partial charge in [-0.15, -0.1) is 11.3 Å². The van der Waals surface area contributed by atoms with Crippen molar-refractivity contribution in [3.05, 3.63) is 45.9 Å². The third kappa shape index (κ3) is 4.55. The predicted octanol–water partition coefficient (Wildman–Crippen LogP) is 2.66. The van der Waals surface area contributed by atoms with Crippen molar-refractivity contribution >= 4 is 23.2 Å². The Bertz CT molecular complexity index is 727. The highest BCUT2D eigenvalue weighted by atomic mass is 32.1. The number of nitrogens with zero attached hydrogens (tertiary/aromatic N) is 2. The Kier molecular flexibility index (Phi) is 5.92. The Labute approximate surface area is 145 Å². The fourth-order valence-electron chi connectivity index (χ4n) is 2.03. The minimum Gasteiger partial charge on any atom is -0.486 e. The quantitative estimate of drug-likeness (QED) is 0.751. The van der Waals surface area contributed by atoms with Crippen LogP contribution in [-0.2, 0) is 16.1 Å². The molecule has 7 heteroatoms. The standard InChI is InChI=1S/C17H20N2O4S/c1-11(16(20)19(3)4)23-17(21)14-7-5-6-8-15(14)22-9-13-10-24-12(2)18-13/h5-8,10-11H,9H2,1-4H3/t11-/m0/s1. The third-order valence-electron chi connectivity index (χ3n) is 3.22. The van der Waals surface area contributed by atoms with E-state index in [0.717, 1.165) is 10.7 Å². The lowest BCUT2D eigenvalue weighted by Gasteiger charge is -2.18. The number of ether oxygens (including phenoxy) is 2. The van der Waals surface area contributed by atoms with E-state index >= 15 is 0 Å². The van der Waals surface area contributed by atoms with Crippen LogP contribution in [0.25, 0.3) is 0 Å². The van der Waals surface area contributed by atoms with Crippen LogP contribution in [0.5, 0.6) is 5.75 Å². The van der Waals surface area contributed by atoms with E-state index in [4.69, 9.17) is 9.47 Å². The fourth-order valence-corrected chi connectivity index (χ4v) is 2.62. The second-order valence-electron chi connectivity index (χ2n) is 5.42. The number of aromatic nitrogens is 1. The molecule has 2 aromatic rings. The van der Waals surface area contributed by atoms with Crippen molar-refractivity contribution in [3.63, 3.8) is 0 Å². The molecule has 0 saturated carbocycles. The van der Waals surface area contributed by atoms with Crippen molar-refractivity contribution in [2.24, 2.45) is 0 Å². The van der Waals surface area contributed by atoms with Crippen LogP contribution in [-0.4, -0.2) is 42.0 Å². The lowest BCUT2D eigenvalue weighted by molar-refractivity contribution is -0.137. The van der Waals surface area contributed by atoms with Gasteiger partial charge in [0.1, 0.15) is 17.9 Å². The van der Waals surface area contributed by atoms with Crippen LogP contribution in [0.1, 0.15) is 28.0 Å². The molecule has 0 radical (unpaired) electrons. The van der Waals surface area contributed by atoms with Crippen molar-refractivity contribution in [3.8, 4) is 5.75 Å². The average molecular weight is 348 g/mol. The summed E-state index contributed by atoms with van der Waals surface area (Å²) in [5.41, 5.74) is 1.08. The zero-order valence-electron chi connectivity index (χ0n) is 14.1. The maximum absolute atomic E-state index is 12.3. The molecule has 0 spiro atoms. The first-order valence-electron chi connectivity index (χ1n) is 7.43. The molecule has 1 atom stereocenters. The van der Waals surface area contributed by atoms with Gasteiger partial charge in [0.15, 0.2) is 6.10 Å². The summed E-state index contributed by atoms with van der Waals surface area (Å²) in [6.07, 6.45) is -0.859. The van der Waals surface area contributed by atoms with Crippen molar-refractivity contribution in [2.45, 2.75) is 26.6 Å². The van der Waals surface area contributed by atoms with Crippen LogP contribution in [0.15, 0.2) is 29.6 Å². The molecule has 0 aliphatic rings. The maximum Gasteiger partial charge on any atom is 0.342 e. The van der Waals surface area contributed by atoms with Gasteiger partial charge in [-0.3, -0.25) is 4.79 Å². The van der Waals surface area contributed by atoms with Crippen LogP contribution in [0, 0.1) is 6.92 Å². The number of esters is 1. The molecule has 0 aliphatic heterocycles. The van der Waals surface area contributed by atoms with Gasteiger partial charge in [0.25, 0.3) is 5.91 Å². The molecule has 0 N–H and O–H groups in total. The van der Waals surface area contributed by atoms with E-state index in [-0.39, 0.29) is 18.1 Å². The van der Waals surface area contributed by atoms with Gasteiger partial charge >= 0.3 is 5.97 Å². The SMILES string of the molecule is Cc1nc(COc2ccccc2C(=O)O[C@@H](C)C(=O)N(C)C)cs1. The lowest BCUT2D eigenvalue weighted by atomic mass is 10.2. The zero-order chi connectivity index (χ0) is 17.7. The topological polar surface area (TPSA) is 68.7 Å². The molecule has 0 unspecified atom stereocenters. The molecule has 2 rings (SSSR count). The van der Waals surface area contributed by atoms with Gasteiger partial charge in [0.05, 0.1) is 10.7 Å². The monoisotopic (exact) mass is 348 g/mol. The highest BCUT2D eigenvalue weighted by molar-refractivity contribution is 7.09. The normalized spacial score (nSPS) is 11.7. The van der Waals surface area contributed by atoms with Crippen LogP contribution in [0.3, 0.4) is 0 Å². The number of hydrogen-bond acceptors (Lipinski definition) is 6. The van der Waals surface area contributed by atoms with E-state index in [0.29, 0.717) is 5.75 Å². The summed E-state index contributed by atoms with van der Waals surface area (Å²) in [7, 11) is 3.22. The van der Waals surface area contributed by atoms with Gasteiger partial charge in [0.2, 0.25) is 0 Å². The van der Waals surface area contributed by atoms with E-state index in [1.807, 2.05) is 12.3 Å². The van der Waals surface area contributed by atoms with Crippen molar-refractivity contribution < 1.29 is 19.1 Å². The summed E-state index contributed by atoms with van der Waals surface area (Å²) < 4.78 is 10.9. The van der Waals surface area contributed by atoms with Gasteiger partial charge in [-0.2, -0.15) is 0 Å². The fraction of sp³-hybridized carbons (Fsp3) is 0.353. The molecule has 1 aromatic carbocycles. The number of benzene rings is 1. The van der Waals surface area contributed by atoms with E-state index in [1.54, 1.807) is 45.3 Å². The summed E-state index contributed by atoms with van der Waals surface area (Å²) >= 11 is 1.54. The molecule has 0 fully saturated rings. The molecule has 24 heavy (non-hydrogen) atoms. The van der Waals surface area contributed by atoms with E-state index in [9.17, 15) is 9.59 Å². The van der Waals surface area contributed by atoms with Crippen LogP contribution < -0.4 is 4.74 Å². The summed E-state index contributed by atoms with van der Waals surface area (Å²) in [4.78, 5) is 29.8. The highest BCUT2D eigenvalue weighted by Crippen LogP contribution is 2.21. The number of likely N-dealkylation sites (N-methyl/N-ethyl adjacent to an activating group) is 1. The number of para-hydroxylation sites is 1. The Hall–Kier alpha value is -2.41. The van der Waals surface area contributed by atoms with Gasteiger partial charge in [-0.1, -0.05) is 12.1 Å². The van der Waals surface area contributed by atoms with Crippen LogP contribution in [0.2, 0.25) is 0 Å². The van der Waals surface area contributed by atoms with Crippen LogP contribution >= 0.6 is 11.3 Å². The summed E-state index contributed by atoms with van der Waals surface area (Å²) in [5, 5.41) is 2.87. The highest BCUT2D eigenvalue weighted by Gasteiger charge is 2.22. The van der Waals surface area contributed by atoms with Gasteiger partial charge in [0, 0.05) is 19.5 Å². The number of aryl methyl sites for hydroxylation is 1. The first-order chi connectivity index (χ1) is 11.4. The largest absolute Gasteiger partial charge is 0.486 e. The third-order valence-corrected chi connectivity index (χ3v) is 4.04. The maximum atomic E-state index is 12.3. The number of rotatable bonds is 6. The molecule has 0 aliphatic carbocycles. The first kappa shape index (κ1) is 17.9. The van der Waals surface area contributed by atoms with Gasteiger partial charge < -0.3 is 14.4 Å². The number of carbonyl (C=O) groups is 2. The van der Waals surface area contributed by atoms with E-state index < -0.39 is 12.1 Å². The summed E-state index contributed by atoms with van der Waals surface area (Å²) in [5.74, 6) is -0.472. The molecular weight excluding hydrogens is 328 g/mol. The minimum atomic E-state index is -0.859. The second-order valence-corrected chi connectivity index (χ2v) is 6.49. The van der Waals surface area contributed by atoms with Gasteiger partial charge in [-0.05, 0) is 26.0 Å². The molecule has 128 valence electrons. The number of thiazole rings is 1. The number of amides is 1. The minimum absolute atomic E-state index is 0.265. The molecule has 1 heterocycles. The Balaban J connectivity index is 2.07. The molecule has 1 amide bonds. The van der Waals surface area contributed by atoms with Crippen molar-refractivity contribution in [2.75, 3.05) is 14.1 Å². The Morgan fingerprint density at radius 1 is 1.29 bits per heavy atom. The van der Waals surface area contributed by atoms with Crippen molar-refractivity contribution in [1.82, 2.24) is 9.88 Å². The summed E-state index contributed by atoms with van der Waals surface area (Å²) in [6, 6.07) is 6.78. The zero-order valence-corrected chi connectivity index (χ0v) is 14.9. The molecular formula is C17H20N2O4S. The lowest BCUT2D eigenvalue weighted by Crippen LogP contribution is -2.35. The number of carbonyl (C=O) groups excluding carboxylic acids is 2. The van der Waals surface area contributed by atoms with Gasteiger partial charge in [-0.25, -0.2) is 9.78 Å². The second kappa shape index (κ2) is 7.92. The smallest absolute Gasteiger partial charge is 0.342 e. The Morgan fingerprint density at radius 3 is 2.62 bits per heavy atom. The molecule has 6 nitrogen and oxygen atoms in total. The number of hydrogen-bond donors (Lipinski definition) is 0. The summed E-state index contributed by atoms with van der Waals surface area (Å²) in [6.45, 7) is 3.73. The van der Waals surface area contributed by atoms with E-state index in [1.165, 1.54) is 16.2 Å². The average Bonchev–Trinajstić information content (AvgIpc) is 2.97. The first-order valence-corrected chi connectivity index (χ1v) is 8.31. The molecule has 0 bridgehead atoms. The van der Waals surface area contributed by atoms with Crippen LogP contribution in [0.4, 0.5) is 0 Å². The van der Waals surface area contributed by atoms with E-state index in [2.05, 4.69) is 4.98 Å². The predicted molar refractivity (Wildman–Crippen MR) is 91.2 cm³/mol. The van der Waals surface area contributed by atoms with Crippen molar-refractivity contribution in [1.29, 1.82) is 0 Å². The Morgan fingerprint density at radius 2 is 2.00 bits per heavy atom. The molecule has 1 aromatic heterocycles.